The number of likely N-dealkylation sites (N-methyl/N-ethyl adjacent to an activating group) is 1. The van der Waals surface area contributed by atoms with E-state index < -0.39 is 5.92 Å². The Bertz CT molecular complexity index is 817. The maximum atomic E-state index is 12.5. The van der Waals surface area contributed by atoms with Crippen LogP contribution in [-0.2, 0) is 4.79 Å². The fraction of sp³-hybridized carbons (Fsp3) is 0.400. The molecule has 0 saturated carbocycles. The number of hydrogen-bond acceptors (Lipinski definition) is 6. The highest BCUT2D eigenvalue weighted by atomic mass is 16.5. The predicted molar refractivity (Wildman–Crippen MR) is 104 cm³/mol. The van der Waals surface area contributed by atoms with Gasteiger partial charge in [-0.3, -0.25) is 19.7 Å². The van der Waals surface area contributed by atoms with Crippen LogP contribution < -0.4 is 15.1 Å². The number of benzene rings is 1. The fourth-order valence-electron chi connectivity index (χ4n) is 3.19. The number of Topliss-reactive ketones (excluding diaryl/α,β-unsaturated/α-hetero) is 1. The zero-order chi connectivity index (χ0) is 20.1. The van der Waals surface area contributed by atoms with E-state index >= 15 is 0 Å². The molecule has 1 unspecified atom stereocenters. The van der Waals surface area contributed by atoms with E-state index in [1.54, 1.807) is 35.3 Å². The van der Waals surface area contributed by atoms with Gasteiger partial charge in [-0.1, -0.05) is 0 Å². The molecule has 0 spiro atoms. The van der Waals surface area contributed by atoms with Gasteiger partial charge in [0.05, 0.1) is 11.7 Å². The molecule has 0 fully saturated rings. The van der Waals surface area contributed by atoms with Gasteiger partial charge < -0.3 is 19.8 Å². The fourth-order valence-corrected chi connectivity index (χ4v) is 3.19. The van der Waals surface area contributed by atoms with Gasteiger partial charge in [-0.15, -0.1) is 0 Å². The van der Waals surface area contributed by atoms with Crippen LogP contribution in [0.3, 0.4) is 0 Å². The van der Waals surface area contributed by atoms with Gasteiger partial charge in [0.25, 0.3) is 5.91 Å². The lowest BCUT2D eigenvalue weighted by molar-refractivity contribution is -0.121. The van der Waals surface area contributed by atoms with Gasteiger partial charge in [-0.25, -0.2) is 0 Å². The van der Waals surface area contributed by atoms with Crippen LogP contribution in [0.2, 0.25) is 0 Å². The lowest BCUT2D eigenvalue weighted by Crippen LogP contribution is -2.42. The first-order valence-corrected chi connectivity index (χ1v) is 9.19. The molecule has 8 heteroatoms. The second-order valence-corrected chi connectivity index (χ2v) is 6.97. The smallest absolute Gasteiger partial charge is 0.270 e. The molecule has 1 aromatic heterocycles. The average molecular weight is 387 g/mol. The van der Waals surface area contributed by atoms with E-state index in [1.807, 2.05) is 24.1 Å². The Morgan fingerprint density at radius 1 is 1.25 bits per heavy atom. The van der Waals surface area contributed by atoms with Gasteiger partial charge >= 0.3 is 0 Å². The highest BCUT2D eigenvalue weighted by molar-refractivity contribution is 6.01. The van der Waals surface area contributed by atoms with Crippen LogP contribution in [0.4, 0.5) is 5.69 Å². The second-order valence-electron chi connectivity index (χ2n) is 6.97. The minimum absolute atomic E-state index is 0.0431. The summed E-state index contributed by atoms with van der Waals surface area (Å²) in [7, 11) is 1.86. The van der Waals surface area contributed by atoms with E-state index in [-0.39, 0.29) is 43.8 Å². The number of ether oxygens (including phenoxy) is 1. The number of aliphatic hydroxyl groups excluding tert-OH is 2. The minimum Gasteiger partial charge on any atom is -0.489 e. The number of carbonyl (C=O) groups is 2. The summed E-state index contributed by atoms with van der Waals surface area (Å²) < 4.78 is 7.35. The van der Waals surface area contributed by atoms with Gasteiger partial charge in [0.1, 0.15) is 18.1 Å². The Morgan fingerprint density at radius 2 is 1.96 bits per heavy atom. The Kier molecular flexibility index (Phi) is 6.33. The van der Waals surface area contributed by atoms with E-state index in [0.29, 0.717) is 17.9 Å². The Balaban J connectivity index is 1.69. The number of anilines is 1. The van der Waals surface area contributed by atoms with Crippen molar-refractivity contribution < 1.29 is 24.5 Å². The summed E-state index contributed by atoms with van der Waals surface area (Å²) in [6, 6.07) is 8.64. The van der Waals surface area contributed by atoms with Crippen LogP contribution in [-0.4, -0.2) is 59.5 Å². The molecule has 150 valence electrons. The van der Waals surface area contributed by atoms with Gasteiger partial charge in [0.15, 0.2) is 0 Å². The molecule has 28 heavy (non-hydrogen) atoms. The number of ketones is 1. The maximum absolute atomic E-state index is 12.5. The number of aliphatic hydroxyl groups is 2. The Hall–Kier alpha value is -2.84. The Morgan fingerprint density at radius 3 is 2.64 bits per heavy atom. The first-order chi connectivity index (χ1) is 13.5. The highest BCUT2D eigenvalue weighted by Gasteiger charge is 2.28. The third kappa shape index (κ3) is 4.52. The molecular formula is C20H25N3O5. The molecule has 1 atom stereocenters. The summed E-state index contributed by atoms with van der Waals surface area (Å²) in [4.78, 5) is 26.7. The van der Waals surface area contributed by atoms with Crippen molar-refractivity contribution in [2.45, 2.75) is 18.9 Å². The number of nitrogens with zero attached hydrogens (tertiary/aromatic N) is 2. The minimum atomic E-state index is -0.432. The molecule has 0 saturated heterocycles. The van der Waals surface area contributed by atoms with Crippen LogP contribution in [0.15, 0.2) is 42.7 Å². The van der Waals surface area contributed by atoms with Crippen molar-refractivity contribution in [3.05, 3.63) is 48.3 Å². The molecule has 1 aliphatic heterocycles. The first kappa shape index (κ1) is 19.9. The standard InChI is InChI=1S/C20H25N3O5/c1-22-16(10-17(26)8-14(11-24)12-25)13-28-19-5-4-15(9-18(19)22)20(27)21-23-6-2-3-7-23/h2-7,9,14,16,24-25H,8,10-13H2,1H3,(H,21,27). The van der Waals surface area contributed by atoms with Crippen molar-refractivity contribution in [2.75, 3.05) is 37.2 Å². The molecular weight excluding hydrogens is 362 g/mol. The molecule has 0 aliphatic carbocycles. The van der Waals surface area contributed by atoms with Crippen molar-refractivity contribution in [2.24, 2.45) is 5.92 Å². The van der Waals surface area contributed by atoms with E-state index in [4.69, 9.17) is 14.9 Å². The largest absolute Gasteiger partial charge is 0.489 e. The molecule has 2 heterocycles. The number of fused-ring (bicyclic) bond motifs is 1. The third-order valence-corrected chi connectivity index (χ3v) is 4.91. The van der Waals surface area contributed by atoms with Crippen molar-refractivity contribution in [3.8, 4) is 5.75 Å². The number of nitrogens with one attached hydrogen (secondary N) is 1. The van der Waals surface area contributed by atoms with Crippen LogP contribution in [0, 0.1) is 5.92 Å². The summed E-state index contributed by atoms with van der Waals surface area (Å²) >= 11 is 0. The quantitative estimate of drug-likeness (QED) is 0.625. The molecule has 3 N–H and O–H groups in total. The molecule has 2 aromatic rings. The van der Waals surface area contributed by atoms with E-state index in [0.717, 1.165) is 5.69 Å². The zero-order valence-electron chi connectivity index (χ0n) is 15.7. The van der Waals surface area contributed by atoms with E-state index in [2.05, 4.69) is 5.43 Å². The molecule has 0 radical (unpaired) electrons. The SMILES string of the molecule is CN1c2cc(C(=O)Nn3cccc3)ccc2OCC1CC(=O)CC(CO)CO. The maximum Gasteiger partial charge on any atom is 0.270 e. The van der Waals surface area contributed by atoms with Crippen molar-refractivity contribution in [1.29, 1.82) is 0 Å². The first-order valence-electron chi connectivity index (χ1n) is 9.19. The predicted octanol–water partition coefficient (Wildman–Crippen LogP) is 1.02. The number of hydrogen-bond donors (Lipinski definition) is 3. The molecule has 3 rings (SSSR count). The van der Waals surface area contributed by atoms with Crippen molar-refractivity contribution in [1.82, 2.24) is 4.68 Å². The van der Waals surface area contributed by atoms with E-state index in [1.165, 1.54) is 0 Å². The third-order valence-electron chi connectivity index (χ3n) is 4.91. The lowest BCUT2D eigenvalue weighted by Gasteiger charge is -2.36. The van der Waals surface area contributed by atoms with Crippen LogP contribution in [0.1, 0.15) is 23.2 Å². The van der Waals surface area contributed by atoms with Crippen LogP contribution >= 0.6 is 0 Å². The van der Waals surface area contributed by atoms with Crippen molar-refractivity contribution in [3.63, 3.8) is 0 Å². The lowest BCUT2D eigenvalue weighted by atomic mass is 9.98. The average Bonchev–Trinajstić information content (AvgIpc) is 3.21. The zero-order valence-corrected chi connectivity index (χ0v) is 15.7. The number of carbonyl (C=O) groups excluding carboxylic acids is 2. The normalized spacial score (nSPS) is 15.9. The van der Waals surface area contributed by atoms with Gasteiger partial charge in [-0.05, 0) is 30.3 Å². The topological polar surface area (TPSA) is 104 Å². The summed E-state index contributed by atoms with van der Waals surface area (Å²) in [6.45, 7) is -0.0864. The van der Waals surface area contributed by atoms with Gasteiger partial charge in [0.2, 0.25) is 0 Å². The second kappa shape index (κ2) is 8.90. The highest BCUT2D eigenvalue weighted by Crippen LogP contribution is 2.34. The molecule has 1 amide bonds. The van der Waals surface area contributed by atoms with Gasteiger partial charge in [0, 0.05) is 57.0 Å². The van der Waals surface area contributed by atoms with Gasteiger partial charge in [-0.2, -0.15) is 0 Å². The molecule has 8 nitrogen and oxygen atoms in total. The van der Waals surface area contributed by atoms with E-state index in [9.17, 15) is 9.59 Å². The number of aromatic nitrogens is 1. The Labute approximate surface area is 163 Å². The summed E-state index contributed by atoms with van der Waals surface area (Å²) in [5, 5.41) is 18.3. The summed E-state index contributed by atoms with van der Waals surface area (Å²) in [5.74, 6) is -0.0660. The monoisotopic (exact) mass is 387 g/mol. The molecule has 1 aliphatic rings. The molecule has 1 aromatic carbocycles. The van der Waals surface area contributed by atoms with Crippen molar-refractivity contribution >= 4 is 17.4 Å². The summed E-state index contributed by atoms with van der Waals surface area (Å²) in [6.07, 6.45) is 3.84. The molecule has 0 bridgehead atoms. The van der Waals surface area contributed by atoms with Crippen LogP contribution in [0.5, 0.6) is 5.75 Å². The number of amides is 1. The summed E-state index contributed by atoms with van der Waals surface area (Å²) in [5.41, 5.74) is 3.98. The number of rotatable bonds is 8. The van der Waals surface area contributed by atoms with Crippen LogP contribution in [0.25, 0.3) is 0 Å².